The third kappa shape index (κ3) is 5.57. The van der Waals surface area contributed by atoms with Crippen LogP contribution in [0.5, 0.6) is 0 Å². The standard InChI is InChI=1S/C28H32N2O3S/c1-28(2,3)30(26(32)20-33-19-21-10-6-4-7-11-21)18-25(31)29-16-14-24-23(15-17-34-24)27(29)22-12-8-5-9-13-22/h4-13,15,17,27H,14,16,18-20H2,1-3H3. The van der Waals surface area contributed by atoms with Gasteiger partial charge < -0.3 is 14.5 Å². The fourth-order valence-corrected chi connectivity index (χ4v) is 5.32. The van der Waals surface area contributed by atoms with E-state index in [1.165, 1.54) is 10.4 Å². The number of fused-ring (bicyclic) bond motifs is 1. The van der Waals surface area contributed by atoms with Crippen LogP contribution < -0.4 is 0 Å². The Morgan fingerprint density at radius 3 is 2.38 bits per heavy atom. The monoisotopic (exact) mass is 476 g/mol. The molecule has 0 bridgehead atoms. The number of carbonyl (C=O) groups excluding carboxylic acids is 2. The predicted octanol–water partition coefficient (Wildman–Crippen LogP) is 5.07. The lowest BCUT2D eigenvalue weighted by atomic mass is 9.93. The number of hydrogen-bond donors (Lipinski definition) is 0. The van der Waals surface area contributed by atoms with E-state index >= 15 is 0 Å². The van der Waals surface area contributed by atoms with E-state index in [-0.39, 0.29) is 31.0 Å². The van der Waals surface area contributed by atoms with Gasteiger partial charge in [0.1, 0.15) is 13.2 Å². The van der Waals surface area contributed by atoms with E-state index in [0.717, 1.165) is 17.5 Å². The van der Waals surface area contributed by atoms with Crippen LogP contribution in [0.3, 0.4) is 0 Å². The van der Waals surface area contributed by atoms with Gasteiger partial charge in [-0.15, -0.1) is 11.3 Å². The van der Waals surface area contributed by atoms with Crippen LogP contribution in [-0.4, -0.2) is 46.8 Å². The van der Waals surface area contributed by atoms with Crippen LogP contribution in [0.2, 0.25) is 0 Å². The molecular formula is C28H32N2O3S. The molecule has 0 fully saturated rings. The first-order chi connectivity index (χ1) is 16.3. The Hall–Kier alpha value is -2.96. The van der Waals surface area contributed by atoms with Crippen molar-refractivity contribution in [3.63, 3.8) is 0 Å². The Labute approximate surface area is 206 Å². The summed E-state index contributed by atoms with van der Waals surface area (Å²) in [6.45, 7) is 6.84. The average molecular weight is 477 g/mol. The van der Waals surface area contributed by atoms with Crippen LogP contribution in [0.4, 0.5) is 0 Å². The molecule has 1 atom stereocenters. The van der Waals surface area contributed by atoms with Crippen molar-refractivity contribution < 1.29 is 14.3 Å². The molecule has 1 unspecified atom stereocenters. The highest BCUT2D eigenvalue weighted by Gasteiger charge is 2.36. The van der Waals surface area contributed by atoms with E-state index in [4.69, 9.17) is 4.74 Å². The zero-order valence-electron chi connectivity index (χ0n) is 20.1. The maximum Gasteiger partial charge on any atom is 0.249 e. The zero-order valence-corrected chi connectivity index (χ0v) is 20.9. The molecule has 0 saturated carbocycles. The largest absolute Gasteiger partial charge is 0.367 e. The van der Waals surface area contributed by atoms with Gasteiger partial charge in [0.15, 0.2) is 0 Å². The molecule has 1 aliphatic heterocycles. The predicted molar refractivity (Wildman–Crippen MR) is 136 cm³/mol. The van der Waals surface area contributed by atoms with E-state index in [1.54, 1.807) is 16.2 Å². The number of nitrogens with zero attached hydrogens (tertiary/aromatic N) is 2. The third-order valence-electron chi connectivity index (χ3n) is 6.14. The Morgan fingerprint density at radius 2 is 1.71 bits per heavy atom. The number of thiophene rings is 1. The summed E-state index contributed by atoms with van der Waals surface area (Å²) in [7, 11) is 0. The molecular weight excluding hydrogens is 444 g/mol. The van der Waals surface area contributed by atoms with Gasteiger partial charge in [0.25, 0.3) is 0 Å². The minimum Gasteiger partial charge on any atom is -0.367 e. The van der Waals surface area contributed by atoms with Crippen molar-refractivity contribution in [2.45, 2.75) is 45.4 Å². The second-order valence-electron chi connectivity index (χ2n) is 9.58. The highest BCUT2D eigenvalue weighted by molar-refractivity contribution is 7.10. The summed E-state index contributed by atoms with van der Waals surface area (Å²) in [5, 5.41) is 2.10. The van der Waals surface area contributed by atoms with Crippen LogP contribution in [-0.2, 0) is 27.4 Å². The Bertz CT molecular complexity index is 1110. The van der Waals surface area contributed by atoms with E-state index in [1.807, 2.05) is 74.2 Å². The Morgan fingerprint density at radius 1 is 1.03 bits per heavy atom. The van der Waals surface area contributed by atoms with Crippen LogP contribution in [0.1, 0.15) is 48.4 Å². The molecule has 3 aromatic rings. The lowest BCUT2D eigenvalue weighted by molar-refractivity contribution is -0.149. The number of carbonyl (C=O) groups is 2. The van der Waals surface area contributed by atoms with Crippen molar-refractivity contribution in [3.05, 3.63) is 93.7 Å². The summed E-state index contributed by atoms with van der Waals surface area (Å²) in [5.41, 5.74) is 2.79. The summed E-state index contributed by atoms with van der Waals surface area (Å²) in [6.07, 6.45) is 0.839. The molecule has 0 N–H and O–H groups in total. The maximum atomic E-state index is 13.7. The topological polar surface area (TPSA) is 49.9 Å². The van der Waals surface area contributed by atoms with Crippen molar-refractivity contribution in [3.8, 4) is 0 Å². The zero-order chi connectivity index (χ0) is 24.1. The molecule has 0 radical (unpaired) electrons. The fourth-order valence-electron chi connectivity index (χ4n) is 4.41. The smallest absolute Gasteiger partial charge is 0.249 e. The van der Waals surface area contributed by atoms with Crippen LogP contribution in [0.15, 0.2) is 72.1 Å². The highest BCUT2D eigenvalue weighted by Crippen LogP contribution is 2.38. The lowest BCUT2D eigenvalue weighted by Crippen LogP contribution is -2.53. The molecule has 5 nitrogen and oxygen atoms in total. The van der Waals surface area contributed by atoms with Crippen molar-refractivity contribution >= 4 is 23.2 Å². The van der Waals surface area contributed by atoms with Crippen molar-refractivity contribution in [1.82, 2.24) is 9.80 Å². The number of rotatable bonds is 7. The van der Waals surface area contributed by atoms with Gasteiger partial charge in [-0.25, -0.2) is 0 Å². The van der Waals surface area contributed by atoms with Gasteiger partial charge in [0.2, 0.25) is 11.8 Å². The normalized spacial score (nSPS) is 15.6. The number of hydrogen-bond acceptors (Lipinski definition) is 4. The van der Waals surface area contributed by atoms with Gasteiger partial charge in [-0.1, -0.05) is 60.7 Å². The highest BCUT2D eigenvalue weighted by atomic mass is 32.1. The van der Waals surface area contributed by atoms with Gasteiger partial charge in [-0.05, 0) is 55.3 Å². The van der Waals surface area contributed by atoms with Gasteiger partial charge in [-0.2, -0.15) is 0 Å². The van der Waals surface area contributed by atoms with E-state index in [9.17, 15) is 9.59 Å². The van der Waals surface area contributed by atoms with Crippen molar-refractivity contribution in [2.75, 3.05) is 19.7 Å². The summed E-state index contributed by atoms with van der Waals surface area (Å²) < 4.78 is 5.70. The minimum absolute atomic E-state index is 0.0276. The molecule has 6 heteroatoms. The second kappa shape index (κ2) is 10.5. The summed E-state index contributed by atoms with van der Waals surface area (Å²) >= 11 is 1.75. The van der Waals surface area contributed by atoms with Crippen LogP contribution >= 0.6 is 11.3 Å². The molecule has 2 aromatic carbocycles. The van der Waals surface area contributed by atoms with Crippen molar-refractivity contribution in [1.29, 1.82) is 0 Å². The molecule has 0 saturated heterocycles. The molecule has 34 heavy (non-hydrogen) atoms. The van der Waals surface area contributed by atoms with E-state index in [0.29, 0.717) is 13.2 Å². The van der Waals surface area contributed by atoms with Gasteiger partial charge in [0.05, 0.1) is 12.6 Å². The molecule has 4 rings (SSSR count). The molecule has 2 heterocycles. The number of amides is 2. The van der Waals surface area contributed by atoms with E-state index in [2.05, 4.69) is 23.6 Å². The van der Waals surface area contributed by atoms with Crippen LogP contribution in [0.25, 0.3) is 0 Å². The van der Waals surface area contributed by atoms with Crippen molar-refractivity contribution in [2.24, 2.45) is 0 Å². The minimum atomic E-state index is -0.506. The summed E-state index contributed by atoms with van der Waals surface area (Å²) in [4.78, 5) is 31.7. The van der Waals surface area contributed by atoms with Gasteiger partial charge in [-0.3, -0.25) is 9.59 Å². The van der Waals surface area contributed by atoms with E-state index < -0.39 is 5.54 Å². The number of ether oxygens (including phenoxy) is 1. The SMILES string of the molecule is CC(C)(C)N(CC(=O)N1CCc2sccc2C1c1ccccc1)C(=O)COCc1ccccc1. The first kappa shape index (κ1) is 24.2. The number of benzene rings is 2. The second-order valence-corrected chi connectivity index (χ2v) is 10.6. The first-order valence-electron chi connectivity index (χ1n) is 11.7. The molecule has 1 aromatic heterocycles. The fraction of sp³-hybridized carbons (Fsp3) is 0.357. The van der Waals surface area contributed by atoms with Gasteiger partial charge >= 0.3 is 0 Å². The Balaban J connectivity index is 1.49. The quantitative estimate of drug-likeness (QED) is 0.479. The van der Waals surface area contributed by atoms with Crippen LogP contribution in [0, 0.1) is 0 Å². The summed E-state index contributed by atoms with van der Waals surface area (Å²) in [6, 6.07) is 21.9. The molecule has 178 valence electrons. The lowest BCUT2D eigenvalue weighted by Gasteiger charge is -2.40. The third-order valence-corrected chi connectivity index (χ3v) is 7.14. The average Bonchev–Trinajstić information content (AvgIpc) is 3.31. The summed E-state index contributed by atoms with van der Waals surface area (Å²) in [5.74, 6) is -0.224. The molecule has 0 spiro atoms. The Kier molecular flexibility index (Phi) is 7.49. The van der Waals surface area contributed by atoms with Gasteiger partial charge in [0, 0.05) is 17.0 Å². The molecule has 0 aliphatic carbocycles. The first-order valence-corrected chi connectivity index (χ1v) is 12.6. The molecule has 1 aliphatic rings. The molecule has 2 amide bonds. The maximum absolute atomic E-state index is 13.7.